The molecular formula is C20H26N2O2. The quantitative estimate of drug-likeness (QED) is 0.658. The van der Waals surface area contributed by atoms with E-state index in [4.69, 9.17) is 0 Å². The van der Waals surface area contributed by atoms with E-state index in [1.807, 2.05) is 36.4 Å². The smallest absolute Gasteiger partial charge is 0.120 e. The number of phenolic OH excluding ortho intramolecular Hbond substituents is 2. The summed E-state index contributed by atoms with van der Waals surface area (Å²) in [5, 5.41) is 27.0. The van der Waals surface area contributed by atoms with E-state index in [0.29, 0.717) is 36.7 Å². The lowest BCUT2D eigenvalue weighted by Crippen LogP contribution is -2.49. The summed E-state index contributed by atoms with van der Waals surface area (Å²) >= 11 is 0. The van der Waals surface area contributed by atoms with E-state index in [9.17, 15) is 10.2 Å². The molecular weight excluding hydrogens is 300 g/mol. The third-order valence-electron chi connectivity index (χ3n) is 4.86. The van der Waals surface area contributed by atoms with Gasteiger partial charge in [0.15, 0.2) is 0 Å². The molecule has 0 unspecified atom stereocenters. The predicted octanol–water partition coefficient (Wildman–Crippen LogP) is 3.29. The third kappa shape index (κ3) is 4.28. The van der Waals surface area contributed by atoms with Gasteiger partial charge in [-0.2, -0.15) is 0 Å². The van der Waals surface area contributed by atoms with Crippen molar-refractivity contribution in [3.63, 3.8) is 0 Å². The van der Waals surface area contributed by atoms with Crippen LogP contribution in [0.1, 0.15) is 36.8 Å². The van der Waals surface area contributed by atoms with Crippen molar-refractivity contribution in [1.29, 1.82) is 0 Å². The zero-order chi connectivity index (χ0) is 16.8. The van der Waals surface area contributed by atoms with Gasteiger partial charge in [0.05, 0.1) is 0 Å². The summed E-state index contributed by atoms with van der Waals surface area (Å²) in [6.45, 7) is 1.35. The van der Waals surface area contributed by atoms with Crippen LogP contribution in [0.25, 0.3) is 0 Å². The van der Waals surface area contributed by atoms with Crippen molar-refractivity contribution in [3.05, 3.63) is 59.7 Å². The van der Waals surface area contributed by atoms with E-state index >= 15 is 0 Å². The molecule has 1 fully saturated rings. The van der Waals surface area contributed by atoms with Gasteiger partial charge in [0.25, 0.3) is 0 Å². The minimum Gasteiger partial charge on any atom is -0.508 e. The highest BCUT2D eigenvalue weighted by molar-refractivity contribution is 5.32. The van der Waals surface area contributed by atoms with Crippen molar-refractivity contribution in [2.24, 2.45) is 0 Å². The van der Waals surface area contributed by atoms with Crippen LogP contribution >= 0.6 is 0 Å². The van der Waals surface area contributed by atoms with Crippen molar-refractivity contribution in [2.45, 2.75) is 50.9 Å². The molecule has 4 N–H and O–H groups in total. The summed E-state index contributed by atoms with van der Waals surface area (Å²) < 4.78 is 0. The first-order valence-corrected chi connectivity index (χ1v) is 8.74. The molecule has 0 aromatic heterocycles. The first-order chi connectivity index (χ1) is 11.7. The molecule has 4 heteroatoms. The molecule has 24 heavy (non-hydrogen) atoms. The van der Waals surface area contributed by atoms with Gasteiger partial charge in [-0.05, 0) is 25.0 Å². The first-order valence-electron chi connectivity index (χ1n) is 8.74. The Morgan fingerprint density at radius 1 is 0.708 bits per heavy atom. The summed E-state index contributed by atoms with van der Waals surface area (Å²) in [6, 6.07) is 15.7. The second kappa shape index (κ2) is 8.18. The minimum absolute atomic E-state index is 0.347. The SMILES string of the molecule is Oc1ccccc1CN[C@@H]1CCCC[C@H]1NCc1ccccc1O. The van der Waals surface area contributed by atoms with Gasteiger partial charge in [-0.25, -0.2) is 0 Å². The Bertz CT molecular complexity index is 602. The summed E-state index contributed by atoms with van der Waals surface area (Å²) in [7, 11) is 0. The van der Waals surface area contributed by atoms with E-state index in [1.165, 1.54) is 12.8 Å². The average Bonchev–Trinajstić information content (AvgIpc) is 2.61. The maximum Gasteiger partial charge on any atom is 0.120 e. The fourth-order valence-corrected chi connectivity index (χ4v) is 3.42. The number of benzene rings is 2. The zero-order valence-corrected chi connectivity index (χ0v) is 13.9. The minimum atomic E-state index is 0.347. The highest BCUT2D eigenvalue weighted by Gasteiger charge is 2.24. The fraction of sp³-hybridized carbons (Fsp3) is 0.400. The van der Waals surface area contributed by atoms with Crippen LogP contribution in [-0.4, -0.2) is 22.3 Å². The summed E-state index contributed by atoms with van der Waals surface area (Å²) in [5.74, 6) is 0.694. The van der Waals surface area contributed by atoms with E-state index in [0.717, 1.165) is 24.0 Å². The normalized spacial score (nSPS) is 20.8. The Balaban J connectivity index is 1.57. The number of phenols is 2. The van der Waals surface area contributed by atoms with Crippen LogP contribution in [0.15, 0.2) is 48.5 Å². The molecule has 128 valence electrons. The van der Waals surface area contributed by atoms with Crippen LogP contribution in [0.4, 0.5) is 0 Å². The Labute approximate surface area is 143 Å². The van der Waals surface area contributed by atoms with Crippen LogP contribution in [0, 0.1) is 0 Å². The maximum absolute atomic E-state index is 9.91. The van der Waals surface area contributed by atoms with Gasteiger partial charge in [-0.3, -0.25) is 0 Å². The number of aromatic hydroxyl groups is 2. The fourth-order valence-electron chi connectivity index (χ4n) is 3.42. The molecule has 0 saturated heterocycles. The zero-order valence-electron chi connectivity index (χ0n) is 13.9. The van der Waals surface area contributed by atoms with E-state index in [-0.39, 0.29) is 0 Å². The van der Waals surface area contributed by atoms with Gasteiger partial charge in [0.1, 0.15) is 11.5 Å². The molecule has 0 heterocycles. The maximum atomic E-state index is 9.91. The number of para-hydroxylation sites is 2. The van der Waals surface area contributed by atoms with Crippen molar-refractivity contribution < 1.29 is 10.2 Å². The molecule has 2 atom stereocenters. The first kappa shape index (κ1) is 16.8. The molecule has 0 spiro atoms. The number of hydrogen-bond acceptors (Lipinski definition) is 4. The van der Waals surface area contributed by atoms with Crippen LogP contribution in [0.2, 0.25) is 0 Å². The molecule has 4 nitrogen and oxygen atoms in total. The Hall–Kier alpha value is -2.04. The molecule has 0 amide bonds. The van der Waals surface area contributed by atoms with Crippen LogP contribution in [0.5, 0.6) is 11.5 Å². The average molecular weight is 326 g/mol. The highest BCUT2D eigenvalue weighted by atomic mass is 16.3. The molecule has 1 aliphatic rings. The Morgan fingerprint density at radius 2 is 1.12 bits per heavy atom. The van der Waals surface area contributed by atoms with Crippen LogP contribution in [-0.2, 0) is 13.1 Å². The number of hydrogen-bond donors (Lipinski definition) is 4. The highest BCUT2D eigenvalue weighted by Crippen LogP contribution is 2.22. The molecule has 3 rings (SSSR count). The summed E-state index contributed by atoms with van der Waals surface area (Å²) in [4.78, 5) is 0. The van der Waals surface area contributed by atoms with E-state index in [2.05, 4.69) is 10.6 Å². The van der Waals surface area contributed by atoms with Gasteiger partial charge in [0, 0.05) is 36.3 Å². The molecule has 1 aliphatic carbocycles. The predicted molar refractivity (Wildman–Crippen MR) is 95.9 cm³/mol. The van der Waals surface area contributed by atoms with Gasteiger partial charge < -0.3 is 20.8 Å². The van der Waals surface area contributed by atoms with Crippen molar-refractivity contribution in [1.82, 2.24) is 10.6 Å². The van der Waals surface area contributed by atoms with Gasteiger partial charge in [-0.1, -0.05) is 49.2 Å². The van der Waals surface area contributed by atoms with Gasteiger partial charge in [0.2, 0.25) is 0 Å². The lowest BCUT2D eigenvalue weighted by molar-refractivity contribution is 0.279. The number of nitrogens with one attached hydrogen (secondary N) is 2. The van der Waals surface area contributed by atoms with E-state index in [1.54, 1.807) is 12.1 Å². The lowest BCUT2D eigenvalue weighted by atomic mass is 9.90. The van der Waals surface area contributed by atoms with Crippen LogP contribution in [0.3, 0.4) is 0 Å². The molecule has 1 saturated carbocycles. The van der Waals surface area contributed by atoms with E-state index < -0.39 is 0 Å². The van der Waals surface area contributed by atoms with Crippen molar-refractivity contribution in [2.75, 3.05) is 0 Å². The topological polar surface area (TPSA) is 64.5 Å². The molecule has 2 aromatic carbocycles. The van der Waals surface area contributed by atoms with Crippen molar-refractivity contribution in [3.8, 4) is 11.5 Å². The summed E-state index contributed by atoms with van der Waals surface area (Å²) in [5.41, 5.74) is 1.87. The second-order valence-electron chi connectivity index (χ2n) is 6.52. The van der Waals surface area contributed by atoms with Crippen LogP contribution < -0.4 is 10.6 Å². The third-order valence-corrected chi connectivity index (χ3v) is 4.86. The summed E-state index contributed by atoms with van der Waals surface area (Å²) in [6.07, 6.45) is 4.72. The van der Waals surface area contributed by atoms with Crippen molar-refractivity contribution >= 4 is 0 Å². The monoisotopic (exact) mass is 326 g/mol. The largest absolute Gasteiger partial charge is 0.508 e. The van der Waals surface area contributed by atoms with Gasteiger partial charge in [-0.15, -0.1) is 0 Å². The Kier molecular flexibility index (Phi) is 5.72. The molecule has 2 aromatic rings. The second-order valence-corrected chi connectivity index (χ2v) is 6.52. The van der Waals surface area contributed by atoms with Gasteiger partial charge >= 0.3 is 0 Å². The molecule has 0 aliphatic heterocycles. The number of rotatable bonds is 6. The molecule has 0 radical (unpaired) electrons. The molecule has 0 bridgehead atoms. The lowest BCUT2D eigenvalue weighted by Gasteiger charge is -2.33. The standard InChI is InChI=1S/C20H26N2O2/c23-19-11-5-1-7-15(19)13-21-17-9-3-4-10-18(17)22-14-16-8-2-6-12-20(16)24/h1-2,5-8,11-12,17-18,21-24H,3-4,9-10,13-14H2/t17-,18-/m1/s1. The Morgan fingerprint density at radius 3 is 1.54 bits per heavy atom.